The normalized spacial score (nSPS) is 18.4. The second kappa shape index (κ2) is 4.38. The van der Waals surface area contributed by atoms with Gasteiger partial charge in [0, 0.05) is 18.4 Å². The third kappa shape index (κ3) is 1.72. The van der Waals surface area contributed by atoms with Crippen molar-refractivity contribution in [3.8, 4) is 6.07 Å². The molecule has 1 fully saturated rings. The van der Waals surface area contributed by atoms with Gasteiger partial charge < -0.3 is 15.1 Å². The summed E-state index contributed by atoms with van der Waals surface area (Å²) in [6, 6.07) is 9.04. The van der Waals surface area contributed by atoms with Crippen LogP contribution in [-0.2, 0) is 9.59 Å². The van der Waals surface area contributed by atoms with Crippen LogP contribution in [0.4, 0.5) is 5.69 Å². The molecule has 1 aliphatic rings. The van der Waals surface area contributed by atoms with E-state index in [2.05, 4.69) is 0 Å². The van der Waals surface area contributed by atoms with E-state index in [0.717, 1.165) is 0 Å². The Kier molecular flexibility index (Phi) is 2.68. The largest absolute Gasteiger partial charge is 0.443 e. The minimum Gasteiger partial charge on any atom is -0.443 e. The van der Waals surface area contributed by atoms with Gasteiger partial charge in [0.2, 0.25) is 17.6 Å². The van der Waals surface area contributed by atoms with Crippen LogP contribution < -0.4 is 10.6 Å². The minimum absolute atomic E-state index is 0.0692. The number of benzene rings is 1. The van der Waals surface area contributed by atoms with Crippen molar-refractivity contribution in [2.24, 2.45) is 11.7 Å². The van der Waals surface area contributed by atoms with E-state index in [4.69, 9.17) is 15.4 Å². The highest BCUT2D eigenvalue weighted by molar-refractivity contribution is 6.07. The molecule has 1 aromatic carbocycles. The number of hydrogen-bond donors (Lipinski definition) is 1. The number of carbonyl (C=O) groups is 2. The van der Waals surface area contributed by atoms with Crippen LogP contribution in [0.15, 0.2) is 28.7 Å². The number of primary amides is 1. The van der Waals surface area contributed by atoms with E-state index in [1.807, 2.05) is 6.07 Å². The van der Waals surface area contributed by atoms with Crippen molar-refractivity contribution in [1.82, 2.24) is 0 Å². The number of anilines is 1. The quantitative estimate of drug-likeness (QED) is 0.883. The molecule has 1 unspecified atom stereocenters. The number of furan rings is 1. The molecule has 0 aliphatic carbocycles. The van der Waals surface area contributed by atoms with E-state index < -0.39 is 11.8 Å². The number of nitrogens with two attached hydrogens (primary N) is 1. The van der Waals surface area contributed by atoms with Crippen molar-refractivity contribution in [1.29, 1.82) is 5.26 Å². The Bertz CT molecular complexity index is 757. The van der Waals surface area contributed by atoms with Crippen molar-refractivity contribution in [2.45, 2.75) is 6.42 Å². The molecule has 0 bridgehead atoms. The van der Waals surface area contributed by atoms with Crippen molar-refractivity contribution in [2.75, 3.05) is 11.4 Å². The Morgan fingerprint density at radius 3 is 2.85 bits per heavy atom. The number of rotatable bonds is 2. The van der Waals surface area contributed by atoms with E-state index in [1.165, 1.54) is 4.90 Å². The number of fused-ring (bicyclic) bond motifs is 1. The maximum Gasteiger partial charge on any atom is 0.228 e. The van der Waals surface area contributed by atoms with Crippen molar-refractivity contribution in [3.05, 3.63) is 30.0 Å². The van der Waals surface area contributed by atoms with E-state index >= 15 is 0 Å². The summed E-state index contributed by atoms with van der Waals surface area (Å²) >= 11 is 0. The van der Waals surface area contributed by atoms with Gasteiger partial charge in [-0.1, -0.05) is 12.1 Å². The summed E-state index contributed by atoms with van der Waals surface area (Å²) < 4.78 is 5.43. The molecule has 0 spiro atoms. The lowest BCUT2D eigenvalue weighted by Gasteiger charge is -2.14. The summed E-state index contributed by atoms with van der Waals surface area (Å²) in [5, 5.41) is 9.85. The fraction of sp³-hybridized carbons (Fsp3) is 0.214. The van der Waals surface area contributed by atoms with Crippen LogP contribution in [0.2, 0.25) is 0 Å². The van der Waals surface area contributed by atoms with Crippen molar-refractivity contribution in [3.63, 3.8) is 0 Å². The van der Waals surface area contributed by atoms with Crippen LogP contribution >= 0.6 is 0 Å². The fourth-order valence-electron chi connectivity index (χ4n) is 2.49. The number of carbonyl (C=O) groups excluding carboxylic acids is 2. The molecule has 6 nitrogen and oxygen atoms in total. The standard InChI is InChI=1S/C14H11N3O3/c15-6-11-13(9-3-1-2-4-10(9)20-11)17-7-8(14(16)19)5-12(17)18/h1-4,8H,5,7H2,(H2,16,19). The molecule has 6 heteroatoms. The lowest BCUT2D eigenvalue weighted by Crippen LogP contribution is -2.28. The summed E-state index contributed by atoms with van der Waals surface area (Å²) in [4.78, 5) is 24.7. The Morgan fingerprint density at radius 2 is 2.20 bits per heavy atom. The summed E-state index contributed by atoms with van der Waals surface area (Å²) in [6.45, 7) is 0.187. The molecule has 1 aliphatic heterocycles. The summed E-state index contributed by atoms with van der Waals surface area (Å²) in [7, 11) is 0. The molecule has 2 amide bonds. The third-order valence-corrected chi connectivity index (χ3v) is 3.47. The molecule has 3 rings (SSSR count). The first kappa shape index (κ1) is 12.2. The number of para-hydroxylation sites is 1. The van der Waals surface area contributed by atoms with Gasteiger partial charge in [-0.15, -0.1) is 0 Å². The lowest BCUT2D eigenvalue weighted by atomic mass is 10.1. The summed E-state index contributed by atoms with van der Waals surface area (Å²) in [5.41, 5.74) is 6.22. The van der Waals surface area contributed by atoms with Gasteiger partial charge in [-0.2, -0.15) is 5.26 Å². The number of nitriles is 1. The summed E-state index contributed by atoms with van der Waals surface area (Å²) in [5.74, 6) is -1.18. The van der Waals surface area contributed by atoms with Crippen LogP contribution in [-0.4, -0.2) is 18.4 Å². The minimum atomic E-state index is -0.525. The smallest absolute Gasteiger partial charge is 0.228 e. The van der Waals surface area contributed by atoms with E-state index in [-0.39, 0.29) is 24.6 Å². The first-order valence-electron chi connectivity index (χ1n) is 6.13. The Balaban J connectivity index is 2.13. The highest BCUT2D eigenvalue weighted by Gasteiger charge is 2.37. The van der Waals surface area contributed by atoms with Crippen LogP contribution in [0.3, 0.4) is 0 Å². The van der Waals surface area contributed by atoms with Crippen LogP contribution in [0, 0.1) is 17.2 Å². The van der Waals surface area contributed by atoms with E-state index in [9.17, 15) is 9.59 Å². The SMILES string of the molecule is N#Cc1oc2ccccc2c1N1CC(C(N)=O)CC1=O. The van der Waals surface area contributed by atoms with Gasteiger partial charge in [-0.25, -0.2) is 0 Å². The molecule has 2 heterocycles. The second-order valence-corrected chi connectivity index (χ2v) is 4.70. The Hall–Kier alpha value is -2.81. The maximum atomic E-state index is 12.1. The highest BCUT2D eigenvalue weighted by atomic mass is 16.3. The number of nitrogens with zero attached hydrogens (tertiary/aromatic N) is 2. The molecular formula is C14H11N3O3. The van der Waals surface area contributed by atoms with Crippen LogP contribution in [0.1, 0.15) is 12.2 Å². The van der Waals surface area contributed by atoms with Gasteiger partial charge in [0.25, 0.3) is 0 Å². The topological polar surface area (TPSA) is 100 Å². The predicted molar refractivity (Wildman–Crippen MR) is 70.6 cm³/mol. The van der Waals surface area contributed by atoms with Gasteiger partial charge >= 0.3 is 0 Å². The lowest BCUT2D eigenvalue weighted by molar-refractivity contribution is -0.123. The molecule has 20 heavy (non-hydrogen) atoms. The number of hydrogen-bond acceptors (Lipinski definition) is 4. The molecule has 1 saturated heterocycles. The molecule has 1 atom stereocenters. The molecule has 100 valence electrons. The second-order valence-electron chi connectivity index (χ2n) is 4.70. The zero-order chi connectivity index (χ0) is 14.3. The van der Waals surface area contributed by atoms with Crippen molar-refractivity contribution >= 4 is 28.5 Å². The monoisotopic (exact) mass is 269 g/mol. The first-order chi connectivity index (χ1) is 9.61. The zero-order valence-electron chi connectivity index (χ0n) is 10.5. The van der Waals surface area contributed by atoms with Crippen molar-refractivity contribution < 1.29 is 14.0 Å². The average Bonchev–Trinajstić information content (AvgIpc) is 2.98. The average molecular weight is 269 g/mol. The van der Waals surface area contributed by atoms with Gasteiger partial charge in [-0.05, 0) is 12.1 Å². The first-order valence-corrected chi connectivity index (χ1v) is 6.13. The maximum absolute atomic E-state index is 12.1. The Morgan fingerprint density at radius 1 is 1.45 bits per heavy atom. The molecule has 0 radical (unpaired) electrons. The van der Waals surface area contributed by atoms with Gasteiger partial charge in [0.05, 0.1) is 5.92 Å². The molecule has 2 N–H and O–H groups in total. The fourth-order valence-corrected chi connectivity index (χ4v) is 2.49. The predicted octanol–water partition coefficient (Wildman–Crippen LogP) is 1.14. The summed E-state index contributed by atoms with van der Waals surface area (Å²) in [6.07, 6.45) is 0.0692. The van der Waals surface area contributed by atoms with E-state index in [0.29, 0.717) is 16.7 Å². The van der Waals surface area contributed by atoms with Gasteiger partial charge in [-0.3, -0.25) is 9.59 Å². The van der Waals surface area contributed by atoms with Crippen LogP contribution in [0.25, 0.3) is 11.0 Å². The third-order valence-electron chi connectivity index (χ3n) is 3.47. The molecular weight excluding hydrogens is 258 g/mol. The van der Waals surface area contributed by atoms with Gasteiger partial charge in [0.1, 0.15) is 17.3 Å². The van der Waals surface area contributed by atoms with Gasteiger partial charge in [0.15, 0.2) is 0 Å². The molecule has 1 aromatic heterocycles. The Labute approximate surface area is 114 Å². The zero-order valence-corrected chi connectivity index (χ0v) is 10.5. The highest BCUT2D eigenvalue weighted by Crippen LogP contribution is 2.36. The molecule has 0 saturated carbocycles. The number of amides is 2. The molecule has 2 aromatic rings. The van der Waals surface area contributed by atoms with Crippen LogP contribution in [0.5, 0.6) is 0 Å². The van der Waals surface area contributed by atoms with E-state index in [1.54, 1.807) is 24.3 Å².